The molecule has 1 aliphatic heterocycles. The predicted octanol–water partition coefficient (Wildman–Crippen LogP) is -4.54. The molecule has 1 aliphatic rings. The molecule has 1 rings (SSSR count). The SMILES string of the molecule is C[C@@H]1O[C@@H](O)[C@H](O)[C@H](O)[C@H]1O.C[C@H](O)[C@@H](O)[C@@H](O)[C@H](O)C=O. The number of hydrogen-bond donors (Lipinski definition) is 8. The van der Waals surface area contributed by atoms with E-state index in [1.807, 2.05) is 0 Å². The molecule has 0 radical (unpaired) electrons. The lowest BCUT2D eigenvalue weighted by Gasteiger charge is -2.36. The Bertz CT molecular complexity index is 311. The van der Waals surface area contributed by atoms with Crippen LogP contribution in [0.3, 0.4) is 0 Å². The molecule has 0 spiro atoms. The van der Waals surface area contributed by atoms with E-state index in [-0.39, 0.29) is 6.29 Å². The molecule has 10 heteroatoms. The van der Waals surface area contributed by atoms with E-state index in [1.54, 1.807) is 0 Å². The largest absolute Gasteiger partial charge is 0.391 e. The Hall–Kier alpha value is -0.690. The molecule has 0 aromatic carbocycles. The van der Waals surface area contributed by atoms with Crippen molar-refractivity contribution in [1.82, 2.24) is 0 Å². The van der Waals surface area contributed by atoms with Gasteiger partial charge in [0, 0.05) is 0 Å². The highest BCUT2D eigenvalue weighted by Gasteiger charge is 2.40. The quantitative estimate of drug-likeness (QED) is 0.233. The van der Waals surface area contributed by atoms with E-state index < -0.39 is 55.1 Å². The summed E-state index contributed by atoms with van der Waals surface area (Å²) in [7, 11) is 0. The van der Waals surface area contributed by atoms with E-state index in [0.717, 1.165) is 0 Å². The lowest BCUT2D eigenvalue weighted by atomic mass is 10.0. The summed E-state index contributed by atoms with van der Waals surface area (Å²) in [5, 5.41) is 71.1. The molecule has 0 aliphatic carbocycles. The van der Waals surface area contributed by atoms with Gasteiger partial charge in [-0.3, -0.25) is 0 Å². The fourth-order valence-corrected chi connectivity index (χ4v) is 1.60. The first-order chi connectivity index (χ1) is 10.0. The number of carbonyl (C=O) groups excluding carboxylic acids is 1. The Morgan fingerprint density at radius 1 is 0.909 bits per heavy atom. The van der Waals surface area contributed by atoms with Crippen LogP contribution in [-0.4, -0.2) is 102 Å². The van der Waals surface area contributed by atoms with Crippen molar-refractivity contribution in [3.8, 4) is 0 Å². The molecule has 1 heterocycles. The lowest BCUT2D eigenvalue weighted by Crippen LogP contribution is -2.56. The van der Waals surface area contributed by atoms with Gasteiger partial charge in [-0.05, 0) is 13.8 Å². The zero-order valence-electron chi connectivity index (χ0n) is 12.2. The lowest BCUT2D eigenvalue weighted by molar-refractivity contribution is -0.277. The van der Waals surface area contributed by atoms with E-state index in [9.17, 15) is 4.79 Å². The maximum absolute atomic E-state index is 9.87. The molecular weight excluding hydrogens is 304 g/mol. The minimum atomic E-state index is -1.65. The van der Waals surface area contributed by atoms with Crippen molar-refractivity contribution in [2.24, 2.45) is 0 Å². The number of rotatable bonds is 4. The van der Waals surface area contributed by atoms with E-state index in [4.69, 9.17) is 40.9 Å². The van der Waals surface area contributed by atoms with Gasteiger partial charge in [0.1, 0.15) is 36.6 Å². The zero-order chi connectivity index (χ0) is 17.6. The average molecular weight is 328 g/mol. The van der Waals surface area contributed by atoms with Crippen molar-refractivity contribution >= 4 is 6.29 Å². The fraction of sp³-hybridized carbons (Fsp3) is 0.917. The molecule has 1 fully saturated rings. The predicted molar refractivity (Wildman–Crippen MR) is 70.3 cm³/mol. The fourth-order valence-electron chi connectivity index (χ4n) is 1.60. The van der Waals surface area contributed by atoms with E-state index in [2.05, 4.69) is 4.74 Å². The van der Waals surface area contributed by atoms with Crippen LogP contribution < -0.4 is 0 Å². The Morgan fingerprint density at radius 2 is 1.41 bits per heavy atom. The highest BCUT2D eigenvalue weighted by molar-refractivity contribution is 5.56. The average Bonchev–Trinajstić information content (AvgIpc) is 2.49. The van der Waals surface area contributed by atoms with Crippen molar-refractivity contribution in [3.63, 3.8) is 0 Å². The van der Waals surface area contributed by atoms with Gasteiger partial charge in [0.2, 0.25) is 0 Å². The van der Waals surface area contributed by atoms with Crippen LogP contribution in [0.5, 0.6) is 0 Å². The molecule has 0 aromatic heterocycles. The highest BCUT2D eigenvalue weighted by atomic mass is 16.6. The van der Waals surface area contributed by atoms with E-state index >= 15 is 0 Å². The summed E-state index contributed by atoms with van der Waals surface area (Å²) in [4.78, 5) is 9.87. The molecule has 22 heavy (non-hydrogen) atoms. The number of aldehydes is 1. The molecule has 132 valence electrons. The Balaban J connectivity index is 0.000000401. The van der Waals surface area contributed by atoms with Gasteiger partial charge < -0.3 is 50.4 Å². The molecule has 0 saturated carbocycles. The normalized spacial score (nSPS) is 37.3. The van der Waals surface area contributed by atoms with Crippen LogP contribution in [0.15, 0.2) is 0 Å². The number of carbonyl (C=O) groups is 1. The maximum Gasteiger partial charge on any atom is 0.183 e. The van der Waals surface area contributed by atoms with Gasteiger partial charge in [0.05, 0.1) is 12.2 Å². The third kappa shape index (κ3) is 5.83. The second-order valence-corrected chi connectivity index (χ2v) is 5.05. The van der Waals surface area contributed by atoms with Crippen LogP contribution in [0, 0.1) is 0 Å². The van der Waals surface area contributed by atoms with Crippen molar-refractivity contribution in [2.45, 2.75) is 69.0 Å². The third-order valence-electron chi connectivity index (χ3n) is 3.16. The summed E-state index contributed by atoms with van der Waals surface area (Å²) >= 11 is 0. The van der Waals surface area contributed by atoms with Crippen molar-refractivity contribution in [1.29, 1.82) is 0 Å². The minimum Gasteiger partial charge on any atom is -0.391 e. The first-order valence-corrected chi connectivity index (χ1v) is 6.59. The summed E-state index contributed by atoms with van der Waals surface area (Å²) in [6.45, 7) is 2.74. The van der Waals surface area contributed by atoms with Crippen LogP contribution in [0.25, 0.3) is 0 Å². The molecule has 0 aromatic rings. The Labute approximate surface area is 126 Å². The standard InChI is InChI=1S/2C6H12O5/c1-2-3(7)4(8)5(9)6(10)11-2;1-3(8)5(10)6(11)4(9)2-7/h2-10H,1H3;2-6,8-11H,1H3/t2-,3-,4+,5+,6+;3-,4+,5+,6-/m00/s1. The Kier molecular flexibility index (Phi) is 9.15. The summed E-state index contributed by atoms with van der Waals surface area (Å²) in [6.07, 6.45) is -11.9. The minimum absolute atomic E-state index is 0.0935. The molecule has 1 saturated heterocycles. The van der Waals surface area contributed by atoms with E-state index in [1.165, 1.54) is 13.8 Å². The number of hydrogen-bond acceptors (Lipinski definition) is 10. The monoisotopic (exact) mass is 328 g/mol. The van der Waals surface area contributed by atoms with Crippen LogP contribution in [0.4, 0.5) is 0 Å². The number of aliphatic hydroxyl groups excluding tert-OH is 8. The van der Waals surface area contributed by atoms with E-state index in [0.29, 0.717) is 0 Å². The van der Waals surface area contributed by atoms with Gasteiger partial charge in [0.25, 0.3) is 0 Å². The second kappa shape index (κ2) is 9.45. The van der Waals surface area contributed by atoms with Gasteiger partial charge in [0.15, 0.2) is 12.6 Å². The number of aliphatic hydroxyl groups is 8. The molecular formula is C12H24O10. The molecule has 10 nitrogen and oxygen atoms in total. The Morgan fingerprint density at radius 3 is 1.82 bits per heavy atom. The van der Waals surface area contributed by atoms with Crippen LogP contribution in [-0.2, 0) is 9.53 Å². The first kappa shape index (κ1) is 21.3. The van der Waals surface area contributed by atoms with Gasteiger partial charge in [-0.2, -0.15) is 0 Å². The van der Waals surface area contributed by atoms with Crippen molar-refractivity contribution in [2.75, 3.05) is 0 Å². The molecule has 9 atom stereocenters. The van der Waals surface area contributed by atoms with Gasteiger partial charge >= 0.3 is 0 Å². The van der Waals surface area contributed by atoms with Crippen molar-refractivity contribution < 1.29 is 50.4 Å². The van der Waals surface area contributed by atoms with Crippen LogP contribution >= 0.6 is 0 Å². The van der Waals surface area contributed by atoms with Crippen LogP contribution in [0.1, 0.15) is 13.8 Å². The highest BCUT2D eigenvalue weighted by Crippen LogP contribution is 2.18. The zero-order valence-corrected chi connectivity index (χ0v) is 12.2. The maximum atomic E-state index is 9.87. The number of ether oxygens (including phenoxy) is 1. The third-order valence-corrected chi connectivity index (χ3v) is 3.16. The molecule has 0 unspecified atom stereocenters. The van der Waals surface area contributed by atoms with Gasteiger partial charge in [-0.1, -0.05) is 0 Å². The topological polar surface area (TPSA) is 188 Å². The summed E-state index contributed by atoms with van der Waals surface area (Å²) < 4.78 is 4.68. The van der Waals surface area contributed by atoms with Crippen LogP contribution in [0.2, 0.25) is 0 Å². The van der Waals surface area contributed by atoms with Crippen molar-refractivity contribution in [3.05, 3.63) is 0 Å². The smallest absolute Gasteiger partial charge is 0.183 e. The molecule has 0 bridgehead atoms. The first-order valence-electron chi connectivity index (χ1n) is 6.59. The van der Waals surface area contributed by atoms with Gasteiger partial charge in [-0.15, -0.1) is 0 Å². The molecule has 0 amide bonds. The summed E-state index contributed by atoms with van der Waals surface area (Å²) in [6, 6.07) is 0. The summed E-state index contributed by atoms with van der Waals surface area (Å²) in [5.74, 6) is 0. The molecule has 8 N–H and O–H groups in total. The van der Waals surface area contributed by atoms with Gasteiger partial charge in [-0.25, -0.2) is 0 Å². The summed E-state index contributed by atoms with van der Waals surface area (Å²) in [5.41, 5.74) is 0. The second-order valence-electron chi connectivity index (χ2n) is 5.05.